The standard InChI is InChI=1S/C32H36N2/c1(3-17-27-33(29-19-9-5-10-20-29)30-21-11-6-12-22-30)2-4-18-28-34(31-23-13-7-14-24-31)32-25-15-8-16-26-32/h5-16,19-26H,1-4,17-18,27-28H2. The van der Waals surface area contributed by atoms with Gasteiger partial charge in [0.25, 0.3) is 0 Å². The van der Waals surface area contributed by atoms with Gasteiger partial charge in [-0.25, -0.2) is 0 Å². The number of hydrogen-bond acceptors (Lipinski definition) is 2. The van der Waals surface area contributed by atoms with Crippen LogP contribution in [0.1, 0.15) is 38.5 Å². The normalized spacial score (nSPS) is 10.7. The highest BCUT2D eigenvalue weighted by Gasteiger charge is 2.09. The van der Waals surface area contributed by atoms with Crippen LogP contribution in [0.4, 0.5) is 22.7 Å². The number of nitrogens with zero attached hydrogens (tertiary/aromatic N) is 2. The summed E-state index contributed by atoms with van der Waals surface area (Å²) in [7, 11) is 0. The molecule has 0 aliphatic rings. The first-order chi connectivity index (χ1) is 16.9. The molecule has 0 aliphatic heterocycles. The molecule has 0 radical (unpaired) electrons. The van der Waals surface area contributed by atoms with E-state index in [4.69, 9.17) is 0 Å². The lowest BCUT2D eigenvalue weighted by molar-refractivity contribution is 0.597. The lowest BCUT2D eigenvalue weighted by Crippen LogP contribution is -2.18. The second-order valence-corrected chi connectivity index (χ2v) is 8.77. The van der Waals surface area contributed by atoms with Crippen molar-refractivity contribution in [2.45, 2.75) is 38.5 Å². The quantitative estimate of drug-likeness (QED) is 0.188. The number of unbranched alkanes of at least 4 members (excludes halogenated alkanes) is 5. The third-order valence-electron chi connectivity index (χ3n) is 6.28. The fourth-order valence-corrected chi connectivity index (χ4v) is 4.49. The molecule has 0 fully saturated rings. The SMILES string of the molecule is c1ccc(N(CCCCCCCCN(c2ccccc2)c2ccccc2)c2ccccc2)cc1. The molecule has 0 saturated heterocycles. The number of hydrogen-bond donors (Lipinski definition) is 0. The Hall–Kier alpha value is -3.52. The number of para-hydroxylation sites is 4. The molecule has 0 bridgehead atoms. The lowest BCUT2D eigenvalue weighted by atomic mass is 10.1. The van der Waals surface area contributed by atoms with E-state index in [9.17, 15) is 0 Å². The molecule has 0 aromatic heterocycles. The Kier molecular flexibility index (Phi) is 9.21. The molecule has 0 N–H and O–H groups in total. The van der Waals surface area contributed by atoms with Crippen LogP contribution in [0, 0.1) is 0 Å². The van der Waals surface area contributed by atoms with Gasteiger partial charge < -0.3 is 9.80 Å². The van der Waals surface area contributed by atoms with E-state index in [1.54, 1.807) is 0 Å². The molecule has 4 aromatic carbocycles. The molecule has 0 unspecified atom stereocenters. The van der Waals surface area contributed by atoms with Gasteiger partial charge >= 0.3 is 0 Å². The Bertz CT molecular complexity index is 881. The number of benzene rings is 4. The molecule has 0 atom stereocenters. The van der Waals surface area contributed by atoms with Gasteiger partial charge in [-0.3, -0.25) is 0 Å². The summed E-state index contributed by atoms with van der Waals surface area (Å²) in [5.41, 5.74) is 5.09. The average molecular weight is 449 g/mol. The third kappa shape index (κ3) is 6.99. The van der Waals surface area contributed by atoms with Crippen LogP contribution in [0.5, 0.6) is 0 Å². The summed E-state index contributed by atoms with van der Waals surface area (Å²) in [4.78, 5) is 4.88. The first kappa shape index (κ1) is 23.6. The van der Waals surface area contributed by atoms with E-state index in [1.165, 1.54) is 61.3 Å². The van der Waals surface area contributed by atoms with Crippen molar-refractivity contribution < 1.29 is 0 Å². The second kappa shape index (κ2) is 13.3. The van der Waals surface area contributed by atoms with Crippen LogP contribution in [0.2, 0.25) is 0 Å². The minimum Gasteiger partial charge on any atom is -0.341 e. The fourth-order valence-electron chi connectivity index (χ4n) is 4.49. The van der Waals surface area contributed by atoms with Crippen LogP contribution in [0.3, 0.4) is 0 Å². The molecule has 0 spiro atoms. The van der Waals surface area contributed by atoms with E-state index in [-0.39, 0.29) is 0 Å². The summed E-state index contributed by atoms with van der Waals surface area (Å²) in [5, 5.41) is 0. The van der Waals surface area contributed by atoms with Crippen LogP contribution in [0.25, 0.3) is 0 Å². The Morgan fingerprint density at radius 1 is 0.294 bits per heavy atom. The zero-order valence-corrected chi connectivity index (χ0v) is 20.1. The summed E-state index contributed by atoms with van der Waals surface area (Å²) >= 11 is 0. The molecular weight excluding hydrogens is 412 g/mol. The maximum absolute atomic E-state index is 2.44. The van der Waals surface area contributed by atoms with Crippen LogP contribution >= 0.6 is 0 Å². The molecule has 4 rings (SSSR count). The van der Waals surface area contributed by atoms with E-state index >= 15 is 0 Å². The van der Waals surface area contributed by atoms with Crippen molar-refractivity contribution in [1.29, 1.82) is 0 Å². The molecule has 0 aliphatic carbocycles. The first-order valence-corrected chi connectivity index (χ1v) is 12.7. The van der Waals surface area contributed by atoms with Crippen LogP contribution in [-0.4, -0.2) is 13.1 Å². The summed E-state index contributed by atoms with van der Waals surface area (Å²) in [6, 6.07) is 43.0. The van der Waals surface area contributed by atoms with Gasteiger partial charge in [-0.15, -0.1) is 0 Å². The summed E-state index contributed by atoms with van der Waals surface area (Å²) in [6.45, 7) is 2.12. The zero-order chi connectivity index (χ0) is 23.3. The highest BCUT2D eigenvalue weighted by Crippen LogP contribution is 2.27. The van der Waals surface area contributed by atoms with E-state index in [0.29, 0.717) is 0 Å². The smallest absolute Gasteiger partial charge is 0.0410 e. The van der Waals surface area contributed by atoms with Crippen LogP contribution < -0.4 is 9.80 Å². The van der Waals surface area contributed by atoms with E-state index < -0.39 is 0 Å². The molecule has 0 amide bonds. The number of rotatable bonds is 13. The molecule has 0 heterocycles. The minimum atomic E-state index is 1.06. The number of anilines is 4. The highest BCUT2D eigenvalue weighted by molar-refractivity contribution is 5.63. The van der Waals surface area contributed by atoms with Gasteiger partial charge in [-0.05, 0) is 61.4 Å². The Morgan fingerprint density at radius 2 is 0.529 bits per heavy atom. The molecule has 0 saturated carbocycles. The van der Waals surface area contributed by atoms with Gasteiger partial charge in [0.05, 0.1) is 0 Å². The van der Waals surface area contributed by atoms with Crippen molar-refractivity contribution in [1.82, 2.24) is 0 Å². The zero-order valence-electron chi connectivity index (χ0n) is 20.1. The highest BCUT2D eigenvalue weighted by atomic mass is 15.1. The van der Waals surface area contributed by atoms with Crippen LogP contribution in [0.15, 0.2) is 121 Å². The van der Waals surface area contributed by atoms with E-state index in [0.717, 1.165) is 13.1 Å². The molecule has 2 nitrogen and oxygen atoms in total. The predicted octanol–water partition coefficient (Wildman–Crippen LogP) is 9.00. The Balaban J connectivity index is 1.21. The van der Waals surface area contributed by atoms with Gasteiger partial charge in [0, 0.05) is 35.8 Å². The van der Waals surface area contributed by atoms with Gasteiger partial charge in [-0.2, -0.15) is 0 Å². The fraction of sp³-hybridized carbons (Fsp3) is 0.250. The monoisotopic (exact) mass is 448 g/mol. The van der Waals surface area contributed by atoms with E-state index in [1.807, 2.05) is 0 Å². The summed E-state index contributed by atoms with van der Waals surface area (Å²) in [6.07, 6.45) is 7.57. The maximum atomic E-state index is 2.44. The maximum Gasteiger partial charge on any atom is 0.0410 e. The minimum absolute atomic E-state index is 1.06. The molecule has 4 aromatic rings. The topological polar surface area (TPSA) is 6.48 Å². The average Bonchev–Trinajstić information content (AvgIpc) is 2.92. The Morgan fingerprint density at radius 3 is 0.794 bits per heavy atom. The molecular formula is C32H36N2. The summed E-state index contributed by atoms with van der Waals surface area (Å²) < 4.78 is 0. The lowest BCUT2D eigenvalue weighted by Gasteiger charge is -2.25. The largest absolute Gasteiger partial charge is 0.341 e. The predicted molar refractivity (Wildman–Crippen MR) is 147 cm³/mol. The van der Waals surface area contributed by atoms with Gasteiger partial charge in [0.2, 0.25) is 0 Å². The van der Waals surface area contributed by atoms with Crippen molar-refractivity contribution in [2.75, 3.05) is 22.9 Å². The molecule has 174 valence electrons. The van der Waals surface area contributed by atoms with Crippen molar-refractivity contribution >= 4 is 22.7 Å². The van der Waals surface area contributed by atoms with Crippen molar-refractivity contribution in [3.8, 4) is 0 Å². The van der Waals surface area contributed by atoms with Crippen molar-refractivity contribution in [3.63, 3.8) is 0 Å². The summed E-state index contributed by atoms with van der Waals surface area (Å²) in [5.74, 6) is 0. The molecule has 34 heavy (non-hydrogen) atoms. The third-order valence-corrected chi connectivity index (χ3v) is 6.28. The second-order valence-electron chi connectivity index (χ2n) is 8.77. The first-order valence-electron chi connectivity index (χ1n) is 12.7. The van der Waals surface area contributed by atoms with Gasteiger partial charge in [0.1, 0.15) is 0 Å². The van der Waals surface area contributed by atoms with E-state index in [2.05, 4.69) is 131 Å². The molecule has 2 heteroatoms. The van der Waals surface area contributed by atoms with Crippen molar-refractivity contribution in [3.05, 3.63) is 121 Å². The van der Waals surface area contributed by atoms with Gasteiger partial charge in [-0.1, -0.05) is 98.5 Å². The Labute approximate surface area is 205 Å². The van der Waals surface area contributed by atoms with Crippen molar-refractivity contribution in [2.24, 2.45) is 0 Å². The van der Waals surface area contributed by atoms with Gasteiger partial charge in [0.15, 0.2) is 0 Å². The van der Waals surface area contributed by atoms with Crippen LogP contribution in [-0.2, 0) is 0 Å².